The zero-order chi connectivity index (χ0) is 10.7. The summed E-state index contributed by atoms with van der Waals surface area (Å²) in [6.07, 6.45) is 3.62. The van der Waals surface area contributed by atoms with Gasteiger partial charge in [0.2, 0.25) is 0 Å². The molecule has 0 N–H and O–H groups in total. The average Bonchev–Trinajstić information content (AvgIpc) is 2.65. The molecule has 1 aromatic heterocycles. The van der Waals surface area contributed by atoms with Gasteiger partial charge in [0.15, 0.2) is 5.75 Å². The Morgan fingerprint density at radius 1 is 1.33 bits per heavy atom. The molecular weight excluding hydrogens is 188 g/mol. The predicted octanol–water partition coefficient (Wildman–Crippen LogP) is 3.00. The summed E-state index contributed by atoms with van der Waals surface area (Å²) in [5, 5.41) is 4.14. The van der Waals surface area contributed by atoms with E-state index in [1.807, 2.05) is 49.0 Å². The fourth-order valence-electron chi connectivity index (χ4n) is 1.39. The van der Waals surface area contributed by atoms with Crippen LogP contribution in [0.2, 0.25) is 0 Å². The molecule has 0 aliphatic carbocycles. The van der Waals surface area contributed by atoms with Crippen molar-refractivity contribution in [1.82, 2.24) is 9.78 Å². The molecule has 0 atom stereocenters. The Morgan fingerprint density at radius 3 is 2.87 bits per heavy atom. The second kappa shape index (κ2) is 4.17. The number of nitrogens with zero attached hydrogens (tertiary/aromatic N) is 2. The summed E-state index contributed by atoms with van der Waals surface area (Å²) in [5.41, 5.74) is 1.19. The highest BCUT2D eigenvalue weighted by Gasteiger charge is 1.99. The van der Waals surface area contributed by atoms with Crippen LogP contribution in [0.4, 0.5) is 0 Å². The number of hydrogen-bond acceptors (Lipinski definition) is 2. The molecule has 0 fully saturated rings. The Labute approximate surface area is 89.3 Å². The summed E-state index contributed by atoms with van der Waals surface area (Å²) in [6.45, 7) is 4.95. The topological polar surface area (TPSA) is 27.1 Å². The normalized spacial score (nSPS) is 10.3. The minimum atomic E-state index is 0.780. The molecule has 0 bridgehead atoms. The van der Waals surface area contributed by atoms with Gasteiger partial charge in [0.1, 0.15) is 5.75 Å². The van der Waals surface area contributed by atoms with Crippen LogP contribution in [0.15, 0.2) is 36.7 Å². The highest BCUT2D eigenvalue weighted by Crippen LogP contribution is 2.21. The van der Waals surface area contributed by atoms with E-state index in [2.05, 4.69) is 5.10 Å². The molecule has 3 nitrogen and oxygen atoms in total. The molecule has 0 radical (unpaired) electrons. The minimum absolute atomic E-state index is 0.780. The van der Waals surface area contributed by atoms with E-state index in [1.54, 1.807) is 6.20 Å². The van der Waals surface area contributed by atoms with E-state index in [0.717, 1.165) is 18.0 Å². The number of hydrogen-bond donors (Lipinski definition) is 0. The van der Waals surface area contributed by atoms with Crippen molar-refractivity contribution >= 4 is 0 Å². The van der Waals surface area contributed by atoms with Gasteiger partial charge in [0.05, 0.1) is 12.4 Å². The third-order valence-electron chi connectivity index (χ3n) is 2.16. The zero-order valence-electron chi connectivity index (χ0n) is 8.97. The van der Waals surface area contributed by atoms with E-state index >= 15 is 0 Å². The van der Waals surface area contributed by atoms with E-state index in [4.69, 9.17) is 4.74 Å². The molecule has 0 amide bonds. The van der Waals surface area contributed by atoms with Gasteiger partial charge in [-0.2, -0.15) is 5.10 Å². The number of benzene rings is 1. The lowest BCUT2D eigenvalue weighted by atomic mass is 10.2. The lowest BCUT2D eigenvalue weighted by Crippen LogP contribution is -1.92. The quantitative estimate of drug-likeness (QED) is 0.765. The Bertz CT molecular complexity index is 448. The third-order valence-corrected chi connectivity index (χ3v) is 2.16. The second-order valence-electron chi connectivity index (χ2n) is 3.45. The Hall–Kier alpha value is -1.77. The molecule has 3 heteroatoms. The highest BCUT2D eigenvalue weighted by molar-refractivity contribution is 5.31. The number of ether oxygens (including phenoxy) is 1. The third kappa shape index (κ3) is 2.37. The van der Waals surface area contributed by atoms with Crippen LogP contribution in [-0.2, 0) is 6.54 Å². The van der Waals surface area contributed by atoms with E-state index in [0.29, 0.717) is 0 Å². The monoisotopic (exact) mass is 202 g/mol. The van der Waals surface area contributed by atoms with Crippen LogP contribution in [0, 0.1) is 6.92 Å². The fourth-order valence-corrected chi connectivity index (χ4v) is 1.39. The SMILES string of the molecule is CCn1cc(Oc2cccc(C)c2)cn1. The second-order valence-corrected chi connectivity index (χ2v) is 3.45. The zero-order valence-corrected chi connectivity index (χ0v) is 8.97. The average molecular weight is 202 g/mol. The van der Waals surface area contributed by atoms with Gasteiger partial charge in [-0.3, -0.25) is 4.68 Å². The van der Waals surface area contributed by atoms with Gasteiger partial charge in [-0.1, -0.05) is 12.1 Å². The van der Waals surface area contributed by atoms with E-state index < -0.39 is 0 Å². The van der Waals surface area contributed by atoms with Crippen molar-refractivity contribution in [3.05, 3.63) is 42.2 Å². The van der Waals surface area contributed by atoms with Gasteiger partial charge in [0.25, 0.3) is 0 Å². The Balaban J connectivity index is 2.14. The van der Waals surface area contributed by atoms with Crippen LogP contribution in [0.1, 0.15) is 12.5 Å². The largest absolute Gasteiger partial charge is 0.454 e. The molecule has 15 heavy (non-hydrogen) atoms. The van der Waals surface area contributed by atoms with Crippen LogP contribution >= 0.6 is 0 Å². The van der Waals surface area contributed by atoms with Crippen molar-refractivity contribution in [2.75, 3.05) is 0 Å². The summed E-state index contributed by atoms with van der Waals surface area (Å²) in [5.74, 6) is 1.63. The van der Waals surface area contributed by atoms with Crippen molar-refractivity contribution in [2.45, 2.75) is 20.4 Å². The molecule has 2 rings (SSSR count). The van der Waals surface area contributed by atoms with Crippen LogP contribution in [0.25, 0.3) is 0 Å². The van der Waals surface area contributed by atoms with Crippen molar-refractivity contribution in [1.29, 1.82) is 0 Å². The highest BCUT2D eigenvalue weighted by atomic mass is 16.5. The molecule has 0 saturated heterocycles. The molecule has 0 aliphatic rings. The van der Waals surface area contributed by atoms with Gasteiger partial charge in [-0.25, -0.2) is 0 Å². The Kier molecular flexibility index (Phi) is 2.72. The number of rotatable bonds is 3. The molecule has 78 valence electrons. The molecule has 1 aromatic carbocycles. The molecule has 0 saturated carbocycles. The predicted molar refractivity (Wildman–Crippen MR) is 59.2 cm³/mol. The molecule has 0 aliphatic heterocycles. The first-order valence-corrected chi connectivity index (χ1v) is 5.05. The maximum absolute atomic E-state index is 5.66. The lowest BCUT2D eigenvalue weighted by molar-refractivity contribution is 0.481. The molecule has 2 aromatic rings. The number of aryl methyl sites for hydroxylation is 2. The lowest BCUT2D eigenvalue weighted by Gasteiger charge is -2.02. The summed E-state index contributed by atoms with van der Waals surface area (Å²) < 4.78 is 7.50. The van der Waals surface area contributed by atoms with Gasteiger partial charge in [-0.15, -0.1) is 0 Å². The van der Waals surface area contributed by atoms with Crippen molar-refractivity contribution < 1.29 is 4.74 Å². The standard InChI is InChI=1S/C12H14N2O/c1-3-14-9-12(8-13-14)15-11-6-4-5-10(2)7-11/h4-9H,3H2,1-2H3. The summed E-state index contributed by atoms with van der Waals surface area (Å²) in [6, 6.07) is 7.97. The minimum Gasteiger partial charge on any atom is -0.454 e. The molecule has 1 heterocycles. The van der Waals surface area contributed by atoms with Crippen molar-refractivity contribution in [2.24, 2.45) is 0 Å². The van der Waals surface area contributed by atoms with Crippen molar-refractivity contribution in [3.8, 4) is 11.5 Å². The first-order chi connectivity index (χ1) is 7.28. The van der Waals surface area contributed by atoms with Crippen LogP contribution < -0.4 is 4.74 Å². The summed E-state index contributed by atoms with van der Waals surface area (Å²) in [4.78, 5) is 0. The molecular formula is C12H14N2O. The number of aromatic nitrogens is 2. The van der Waals surface area contributed by atoms with Gasteiger partial charge in [0, 0.05) is 6.54 Å². The van der Waals surface area contributed by atoms with E-state index in [-0.39, 0.29) is 0 Å². The summed E-state index contributed by atoms with van der Waals surface area (Å²) >= 11 is 0. The Morgan fingerprint density at radius 2 is 2.20 bits per heavy atom. The summed E-state index contributed by atoms with van der Waals surface area (Å²) in [7, 11) is 0. The maximum atomic E-state index is 5.66. The van der Waals surface area contributed by atoms with Crippen molar-refractivity contribution in [3.63, 3.8) is 0 Å². The van der Waals surface area contributed by atoms with Crippen LogP contribution in [-0.4, -0.2) is 9.78 Å². The van der Waals surface area contributed by atoms with Gasteiger partial charge in [-0.05, 0) is 31.5 Å². The first kappa shape index (κ1) is 9.77. The van der Waals surface area contributed by atoms with E-state index in [1.165, 1.54) is 5.56 Å². The van der Waals surface area contributed by atoms with Gasteiger partial charge >= 0.3 is 0 Å². The van der Waals surface area contributed by atoms with Crippen LogP contribution in [0.3, 0.4) is 0 Å². The molecule has 0 unspecified atom stereocenters. The fraction of sp³-hybridized carbons (Fsp3) is 0.250. The smallest absolute Gasteiger partial charge is 0.165 e. The van der Waals surface area contributed by atoms with E-state index in [9.17, 15) is 0 Å². The van der Waals surface area contributed by atoms with Crippen LogP contribution in [0.5, 0.6) is 11.5 Å². The van der Waals surface area contributed by atoms with Gasteiger partial charge < -0.3 is 4.74 Å². The molecule has 0 spiro atoms. The first-order valence-electron chi connectivity index (χ1n) is 5.05. The maximum Gasteiger partial charge on any atom is 0.165 e.